The van der Waals surface area contributed by atoms with Gasteiger partial charge in [-0.1, -0.05) is 0 Å². The third-order valence-electron chi connectivity index (χ3n) is 3.47. The quantitative estimate of drug-likeness (QED) is 0.888. The molecule has 0 radical (unpaired) electrons. The van der Waals surface area contributed by atoms with E-state index in [0.29, 0.717) is 25.1 Å². The van der Waals surface area contributed by atoms with Crippen LogP contribution in [0.4, 0.5) is 8.78 Å². The van der Waals surface area contributed by atoms with Crippen LogP contribution in [0.1, 0.15) is 23.9 Å². The standard InChI is InChI=1S/C15H20F2N4/c1-20(10-15-19-4-6-21(15)2)5-3-14(18)11-7-12(16)9-13(17)8-11/h4,6-9,14H,3,5,10,18H2,1-2H3. The van der Waals surface area contributed by atoms with E-state index in [4.69, 9.17) is 5.73 Å². The fourth-order valence-corrected chi connectivity index (χ4v) is 2.18. The van der Waals surface area contributed by atoms with Crippen molar-refractivity contribution in [3.63, 3.8) is 0 Å². The van der Waals surface area contributed by atoms with E-state index in [0.717, 1.165) is 11.9 Å². The molecule has 0 bridgehead atoms. The summed E-state index contributed by atoms with van der Waals surface area (Å²) in [5, 5.41) is 0. The Morgan fingerprint density at radius 1 is 1.29 bits per heavy atom. The van der Waals surface area contributed by atoms with Crippen LogP contribution in [-0.2, 0) is 13.6 Å². The summed E-state index contributed by atoms with van der Waals surface area (Å²) in [4.78, 5) is 6.34. The van der Waals surface area contributed by atoms with Crippen LogP contribution < -0.4 is 5.73 Å². The summed E-state index contributed by atoms with van der Waals surface area (Å²) < 4.78 is 28.3. The zero-order valence-electron chi connectivity index (χ0n) is 12.3. The molecule has 0 fully saturated rings. The molecule has 1 atom stereocenters. The Kier molecular flexibility index (Phi) is 5.03. The molecule has 0 amide bonds. The largest absolute Gasteiger partial charge is 0.337 e. The van der Waals surface area contributed by atoms with E-state index in [-0.39, 0.29) is 6.04 Å². The number of aryl methyl sites for hydroxylation is 1. The third kappa shape index (κ3) is 4.34. The maximum Gasteiger partial charge on any atom is 0.126 e. The lowest BCUT2D eigenvalue weighted by Gasteiger charge is -2.19. The Hall–Kier alpha value is -1.79. The lowest BCUT2D eigenvalue weighted by atomic mass is 10.0. The van der Waals surface area contributed by atoms with Gasteiger partial charge in [-0.25, -0.2) is 13.8 Å². The van der Waals surface area contributed by atoms with Crippen molar-refractivity contribution in [1.29, 1.82) is 0 Å². The predicted octanol–water partition coefficient (Wildman–Crippen LogP) is 2.22. The van der Waals surface area contributed by atoms with Gasteiger partial charge in [0.2, 0.25) is 0 Å². The molecule has 21 heavy (non-hydrogen) atoms. The summed E-state index contributed by atoms with van der Waals surface area (Å²) in [6.45, 7) is 1.42. The molecule has 0 saturated heterocycles. The monoisotopic (exact) mass is 294 g/mol. The Labute approximate surface area is 123 Å². The molecule has 114 valence electrons. The summed E-state index contributed by atoms with van der Waals surface area (Å²) in [6.07, 6.45) is 4.26. The van der Waals surface area contributed by atoms with Gasteiger partial charge >= 0.3 is 0 Å². The van der Waals surface area contributed by atoms with E-state index >= 15 is 0 Å². The number of benzene rings is 1. The van der Waals surface area contributed by atoms with Crippen LogP contribution in [0.5, 0.6) is 0 Å². The van der Waals surface area contributed by atoms with Gasteiger partial charge < -0.3 is 10.3 Å². The molecule has 0 aliphatic rings. The van der Waals surface area contributed by atoms with E-state index in [2.05, 4.69) is 9.88 Å². The molecule has 0 saturated carbocycles. The number of aromatic nitrogens is 2. The Morgan fingerprint density at radius 2 is 1.95 bits per heavy atom. The predicted molar refractivity (Wildman–Crippen MR) is 77.4 cm³/mol. The number of nitrogens with two attached hydrogens (primary N) is 1. The van der Waals surface area contributed by atoms with Crippen LogP contribution in [0.3, 0.4) is 0 Å². The van der Waals surface area contributed by atoms with Crippen molar-refractivity contribution >= 4 is 0 Å². The summed E-state index contributed by atoms with van der Waals surface area (Å²) in [5.74, 6) is -0.230. The van der Waals surface area contributed by atoms with Crippen molar-refractivity contribution in [3.05, 3.63) is 53.6 Å². The highest BCUT2D eigenvalue weighted by atomic mass is 19.1. The molecule has 4 nitrogen and oxygen atoms in total. The van der Waals surface area contributed by atoms with Crippen LogP contribution in [0, 0.1) is 11.6 Å². The van der Waals surface area contributed by atoms with Gasteiger partial charge in [0.25, 0.3) is 0 Å². The molecule has 1 heterocycles. The van der Waals surface area contributed by atoms with E-state index < -0.39 is 11.6 Å². The summed E-state index contributed by atoms with van der Waals surface area (Å²) >= 11 is 0. The van der Waals surface area contributed by atoms with Crippen LogP contribution in [0.2, 0.25) is 0 Å². The topological polar surface area (TPSA) is 47.1 Å². The summed E-state index contributed by atoms with van der Waals surface area (Å²) in [6, 6.07) is 3.03. The minimum absolute atomic E-state index is 0.390. The Morgan fingerprint density at radius 3 is 2.52 bits per heavy atom. The molecule has 1 aromatic heterocycles. The lowest BCUT2D eigenvalue weighted by Crippen LogP contribution is -2.24. The van der Waals surface area contributed by atoms with Crippen molar-refractivity contribution < 1.29 is 8.78 Å². The first-order valence-corrected chi connectivity index (χ1v) is 6.82. The Bertz CT molecular complexity index is 577. The second-order valence-corrected chi connectivity index (χ2v) is 5.29. The highest BCUT2D eigenvalue weighted by Crippen LogP contribution is 2.17. The van der Waals surface area contributed by atoms with Crippen molar-refractivity contribution in [3.8, 4) is 0 Å². The molecule has 0 spiro atoms. The fraction of sp³-hybridized carbons (Fsp3) is 0.400. The maximum absolute atomic E-state index is 13.2. The fourth-order valence-electron chi connectivity index (χ4n) is 2.18. The van der Waals surface area contributed by atoms with E-state index in [9.17, 15) is 8.78 Å². The first kappa shape index (κ1) is 15.6. The summed E-state index contributed by atoms with van der Waals surface area (Å²) in [5.41, 5.74) is 6.49. The average Bonchev–Trinajstić information content (AvgIpc) is 2.80. The van der Waals surface area contributed by atoms with Crippen LogP contribution in [0.15, 0.2) is 30.6 Å². The molecule has 0 aliphatic carbocycles. The molecule has 2 rings (SSSR count). The highest BCUT2D eigenvalue weighted by molar-refractivity contribution is 5.21. The number of hydrogen-bond acceptors (Lipinski definition) is 3. The van der Waals surface area contributed by atoms with Gasteiger partial charge in [0.15, 0.2) is 0 Å². The van der Waals surface area contributed by atoms with Gasteiger partial charge in [-0.2, -0.15) is 0 Å². The third-order valence-corrected chi connectivity index (χ3v) is 3.47. The number of rotatable bonds is 6. The second-order valence-electron chi connectivity index (χ2n) is 5.29. The van der Waals surface area contributed by atoms with E-state index in [1.807, 2.05) is 24.9 Å². The van der Waals surface area contributed by atoms with Crippen molar-refractivity contribution in [1.82, 2.24) is 14.5 Å². The lowest BCUT2D eigenvalue weighted by molar-refractivity contribution is 0.301. The van der Waals surface area contributed by atoms with Crippen LogP contribution in [-0.4, -0.2) is 28.0 Å². The van der Waals surface area contributed by atoms with Gasteiger partial charge in [-0.15, -0.1) is 0 Å². The smallest absolute Gasteiger partial charge is 0.126 e. The number of nitrogens with zero attached hydrogens (tertiary/aromatic N) is 3. The maximum atomic E-state index is 13.2. The van der Waals surface area contributed by atoms with Gasteiger partial charge in [-0.05, 0) is 31.2 Å². The minimum atomic E-state index is -0.596. The Balaban J connectivity index is 1.88. The zero-order chi connectivity index (χ0) is 15.4. The first-order valence-electron chi connectivity index (χ1n) is 6.82. The zero-order valence-corrected chi connectivity index (χ0v) is 12.3. The summed E-state index contributed by atoms with van der Waals surface area (Å²) in [7, 11) is 3.91. The second kappa shape index (κ2) is 6.78. The molecule has 2 N–H and O–H groups in total. The highest BCUT2D eigenvalue weighted by Gasteiger charge is 2.11. The SMILES string of the molecule is CN(CCC(N)c1cc(F)cc(F)c1)Cc1nccn1C. The van der Waals surface area contributed by atoms with Crippen molar-refractivity contribution in [2.75, 3.05) is 13.6 Å². The first-order chi connectivity index (χ1) is 9.95. The van der Waals surface area contributed by atoms with Crippen molar-refractivity contribution in [2.24, 2.45) is 12.8 Å². The molecule has 0 aliphatic heterocycles. The molecular weight excluding hydrogens is 274 g/mol. The molecule has 6 heteroatoms. The van der Waals surface area contributed by atoms with Gasteiger partial charge in [0, 0.05) is 38.1 Å². The normalized spacial score (nSPS) is 12.9. The number of hydrogen-bond donors (Lipinski definition) is 1. The minimum Gasteiger partial charge on any atom is -0.337 e. The number of imidazole rings is 1. The van der Waals surface area contributed by atoms with Crippen molar-refractivity contribution in [2.45, 2.75) is 19.0 Å². The number of halogens is 2. The van der Waals surface area contributed by atoms with Gasteiger partial charge in [0.05, 0.1) is 6.54 Å². The van der Waals surface area contributed by atoms with Gasteiger partial charge in [0.1, 0.15) is 17.5 Å². The van der Waals surface area contributed by atoms with Gasteiger partial charge in [-0.3, -0.25) is 4.90 Å². The molecule has 1 unspecified atom stereocenters. The van der Waals surface area contributed by atoms with Crippen LogP contribution in [0.25, 0.3) is 0 Å². The molecular formula is C15H20F2N4. The van der Waals surface area contributed by atoms with E-state index in [1.54, 1.807) is 6.20 Å². The van der Waals surface area contributed by atoms with E-state index in [1.165, 1.54) is 12.1 Å². The molecule has 2 aromatic rings. The molecule has 1 aromatic carbocycles. The van der Waals surface area contributed by atoms with Crippen LogP contribution >= 0.6 is 0 Å². The average molecular weight is 294 g/mol.